The highest BCUT2D eigenvalue weighted by atomic mass is 32.2. The van der Waals surface area contributed by atoms with Crippen LogP contribution in [-0.4, -0.2) is 0 Å². The number of ether oxygens (including phenoxy) is 2. The van der Waals surface area contributed by atoms with Gasteiger partial charge in [0.1, 0.15) is 34.1 Å². The Hall–Kier alpha value is -5.01. The number of para-hydroxylation sites is 2. The highest BCUT2D eigenvalue weighted by Gasteiger charge is 2.36. The maximum atomic E-state index is 13.8. The van der Waals surface area contributed by atoms with Gasteiger partial charge < -0.3 is 9.47 Å². The van der Waals surface area contributed by atoms with Gasteiger partial charge in [-0.25, -0.2) is 0 Å². The van der Waals surface area contributed by atoms with Crippen molar-refractivity contribution in [2.45, 2.75) is 22.1 Å². The molecule has 0 radical (unpaired) electrons. The molecule has 0 atom stereocenters. The fourth-order valence-corrected chi connectivity index (χ4v) is 4.51. The van der Waals surface area contributed by atoms with Crippen LogP contribution in [0.2, 0.25) is 0 Å². The largest absolute Gasteiger partial charge is 0.456 e. The lowest BCUT2D eigenvalue weighted by Crippen LogP contribution is -2.08. The summed E-state index contributed by atoms with van der Waals surface area (Å²) in [7, 11) is 0. The van der Waals surface area contributed by atoms with E-state index in [1.807, 2.05) is 0 Å². The molecule has 13 heteroatoms. The first-order chi connectivity index (χ1) is 19.5. The normalized spacial score (nSPS) is 11.2. The number of anilines is 2. The molecule has 0 saturated carbocycles. The lowest BCUT2D eigenvalue weighted by Gasteiger charge is -2.18. The summed E-state index contributed by atoms with van der Waals surface area (Å²) < 4.78 is 93.8. The maximum Gasteiger partial charge on any atom is 0.420 e. The van der Waals surface area contributed by atoms with Gasteiger partial charge >= 0.3 is 12.4 Å². The van der Waals surface area contributed by atoms with Gasteiger partial charge in [0.25, 0.3) is 0 Å². The Morgan fingerprint density at radius 1 is 0.561 bits per heavy atom. The van der Waals surface area contributed by atoms with Crippen molar-refractivity contribution in [1.82, 2.24) is 0 Å². The molecule has 6 nitrogen and oxygen atoms in total. The van der Waals surface area contributed by atoms with Gasteiger partial charge in [-0.2, -0.15) is 36.9 Å². The molecule has 0 aliphatic carbocycles. The number of halogens is 6. The molecule has 0 unspecified atom stereocenters. The van der Waals surface area contributed by atoms with Crippen molar-refractivity contribution in [3.63, 3.8) is 0 Å². The van der Waals surface area contributed by atoms with Crippen molar-refractivity contribution in [2.24, 2.45) is 0 Å². The summed E-state index contributed by atoms with van der Waals surface area (Å²) >= 11 is 1.01. The van der Waals surface area contributed by atoms with Crippen LogP contribution in [0.1, 0.15) is 11.1 Å². The van der Waals surface area contributed by atoms with Crippen LogP contribution in [0, 0.1) is 22.9 Å². The molecule has 4 aromatic carbocycles. The molecular weight excluding hydrogens is 570 g/mol. The molecule has 0 heterocycles. The van der Waals surface area contributed by atoms with Gasteiger partial charge in [0.2, 0.25) is 0 Å². The van der Waals surface area contributed by atoms with Gasteiger partial charge in [-0.3, -0.25) is 10.6 Å². The van der Waals surface area contributed by atoms with Gasteiger partial charge in [0.15, 0.2) is 12.4 Å². The fraction of sp³-hybridized carbons (Fsp3) is 0.0714. The lowest BCUT2D eigenvalue weighted by atomic mass is 10.1. The first-order valence-corrected chi connectivity index (χ1v) is 12.3. The van der Waals surface area contributed by atoms with E-state index < -0.39 is 35.0 Å². The van der Waals surface area contributed by atoms with E-state index in [0.29, 0.717) is 9.79 Å². The number of hydrogen-bond donors (Lipinski definition) is 2. The maximum absolute atomic E-state index is 13.8. The first kappa shape index (κ1) is 29.0. The molecule has 0 spiro atoms. The molecule has 41 heavy (non-hydrogen) atoms. The summed E-state index contributed by atoms with van der Waals surface area (Å²) in [6.45, 7) is 0. The number of nitrogens with zero attached hydrogens (tertiary/aromatic N) is 2. The van der Waals surface area contributed by atoms with Crippen molar-refractivity contribution in [1.29, 1.82) is 10.5 Å². The second-order valence-corrected chi connectivity index (χ2v) is 9.17. The van der Waals surface area contributed by atoms with Crippen LogP contribution in [0.4, 0.5) is 37.7 Å². The van der Waals surface area contributed by atoms with Gasteiger partial charge in [0.05, 0.1) is 9.79 Å². The summed E-state index contributed by atoms with van der Waals surface area (Å²) in [4.78, 5) is 0.695. The molecular formula is C28H16F6N4O2S. The van der Waals surface area contributed by atoms with Crippen LogP contribution in [0.25, 0.3) is 0 Å². The molecule has 4 aromatic rings. The monoisotopic (exact) mass is 586 g/mol. The molecule has 0 aromatic heterocycles. The highest BCUT2D eigenvalue weighted by Crippen LogP contribution is 2.46. The minimum atomic E-state index is -4.79. The van der Waals surface area contributed by atoms with E-state index in [1.165, 1.54) is 24.3 Å². The average molecular weight is 587 g/mol. The van der Waals surface area contributed by atoms with Crippen LogP contribution in [0.5, 0.6) is 23.0 Å². The topological polar surface area (TPSA) is 90.1 Å². The molecule has 0 amide bonds. The van der Waals surface area contributed by atoms with Crippen LogP contribution >= 0.6 is 11.8 Å². The Kier molecular flexibility index (Phi) is 8.50. The van der Waals surface area contributed by atoms with Crippen LogP contribution in [0.3, 0.4) is 0 Å². The van der Waals surface area contributed by atoms with E-state index in [2.05, 4.69) is 10.6 Å². The zero-order valence-electron chi connectivity index (χ0n) is 20.5. The van der Waals surface area contributed by atoms with Crippen molar-refractivity contribution >= 4 is 23.1 Å². The fourth-order valence-electron chi connectivity index (χ4n) is 3.56. The Morgan fingerprint density at radius 3 is 1.32 bits per heavy atom. The molecule has 0 fully saturated rings. The minimum absolute atomic E-state index is 0.0432. The summed E-state index contributed by atoms with van der Waals surface area (Å²) in [5, 5.41) is 21.8. The Balaban J connectivity index is 1.67. The van der Waals surface area contributed by atoms with E-state index in [9.17, 15) is 26.3 Å². The van der Waals surface area contributed by atoms with Gasteiger partial charge in [-0.05, 0) is 60.7 Å². The summed E-state index contributed by atoms with van der Waals surface area (Å²) in [5.74, 6) is -0.942. The SMILES string of the molecule is N#CNc1ccc(Oc2ccccc2Sc2ccccc2Oc2ccc(NC#N)cc2C(F)(F)F)c(C(F)(F)F)c1. The molecule has 0 aliphatic heterocycles. The van der Waals surface area contributed by atoms with Crippen LogP contribution < -0.4 is 20.1 Å². The van der Waals surface area contributed by atoms with E-state index in [4.69, 9.17) is 20.0 Å². The second kappa shape index (κ2) is 12.0. The van der Waals surface area contributed by atoms with Crippen molar-refractivity contribution < 1.29 is 35.8 Å². The Bertz CT molecular complexity index is 1520. The van der Waals surface area contributed by atoms with Crippen LogP contribution in [-0.2, 0) is 12.4 Å². The van der Waals surface area contributed by atoms with Gasteiger partial charge in [-0.1, -0.05) is 36.0 Å². The smallest absolute Gasteiger partial charge is 0.420 e. The number of nitriles is 2. The Morgan fingerprint density at radius 2 is 0.951 bits per heavy atom. The molecule has 0 saturated heterocycles. The average Bonchev–Trinajstić information content (AvgIpc) is 2.91. The summed E-state index contributed by atoms with van der Waals surface area (Å²) in [6.07, 6.45) is -6.47. The predicted octanol–water partition coefficient (Wildman–Crippen LogP) is 9.25. The third-order valence-electron chi connectivity index (χ3n) is 5.33. The van der Waals surface area contributed by atoms with E-state index >= 15 is 0 Å². The summed E-state index contributed by atoms with van der Waals surface area (Å²) in [6, 6.07) is 18.5. The molecule has 208 valence electrons. The quantitative estimate of drug-likeness (QED) is 0.121. The predicted molar refractivity (Wildman–Crippen MR) is 139 cm³/mol. The third kappa shape index (κ3) is 7.15. The second-order valence-electron chi connectivity index (χ2n) is 8.09. The van der Waals surface area contributed by atoms with Crippen molar-refractivity contribution in [2.75, 3.05) is 10.6 Å². The van der Waals surface area contributed by atoms with Gasteiger partial charge in [-0.15, -0.1) is 0 Å². The zero-order chi connectivity index (χ0) is 29.6. The molecule has 0 aliphatic rings. The minimum Gasteiger partial charge on any atom is -0.456 e. The Labute approximate surface area is 233 Å². The molecule has 0 bridgehead atoms. The van der Waals surface area contributed by atoms with E-state index in [1.54, 1.807) is 48.8 Å². The van der Waals surface area contributed by atoms with Crippen molar-refractivity contribution in [3.8, 4) is 35.4 Å². The molecule has 4 rings (SSSR count). The van der Waals surface area contributed by atoms with E-state index in [0.717, 1.165) is 36.0 Å². The van der Waals surface area contributed by atoms with Crippen molar-refractivity contribution in [3.05, 3.63) is 96.1 Å². The number of nitrogens with one attached hydrogen (secondary N) is 2. The number of rotatable bonds is 8. The third-order valence-corrected chi connectivity index (χ3v) is 6.44. The summed E-state index contributed by atoms with van der Waals surface area (Å²) in [5.41, 5.74) is -2.38. The number of alkyl halides is 6. The van der Waals surface area contributed by atoms with E-state index in [-0.39, 0.29) is 22.9 Å². The number of benzene rings is 4. The number of hydrogen-bond acceptors (Lipinski definition) is 7. The zero-order valence-corrected chi connectivity index (χ0v) is 21.3. The van der Waals surface area contributed by atoms with Crippen LogP contribution in [0.15, 0.2) is 94.7 Å². The lowest BCUT2D eigenvalue weighted by molar-refractivity contribution is -0.139. The first-order valence-electron chi connectivity index (χ1n) is 11.4. The highest BCUT2D eigenvalue weighted by molar-refractivity contribution is 7.99. The standard InChI is InChI=1S/C28H16F6N4O2S/c29-27(30,31)19-13-17(37-15-35)9-11-21(19)39-23-5-1-3-7-25(23)41-26-8-4-2-6-24(26)40-22-12-10-18(38-16-36)14-20(22)28(32,33)34/h1-14,37-38H. The van der Waals surface area contributed by atoms with Gasteiger partial charge in [0, 0.05) is 11.4 Å². The molecule has 2 N–H and O–H groups in total.